The van der Waals surface area contributed by atoms with E-state index in [1.165, 1.54) is 26.4 Å². The lowest BCUT2D eigenvalue weighted by atomic mass is 10.2. The number of hydrogen-bond donors (Lipinski definition) is 2. The smallest absolute Gasteiger partial charge is 0.334 e. The van der Waals surface area contributed by atoms with E-state index >= 15 is 0 Å². The highest BCUT2D eigenvalue weighted by atomic mass is 19.1. The second-order valence-electron chi connectivity index (χ2n) is 3.62. The van der Waals surface area contributed by atoms with Gasteiger partial charge in [-0.1, -0.05) is 0 Å². The molecular weight excluding hydrogens is 257 g/mol. The van der Waals surface area contributed by atoms with Crippen molar-refractivity contribution in [3.8, 4) is 5.75 Å². The summed E-state index contributed by atoms with van der Waals surface area (Å²) in [4.78, 5) is 22.3. The average molecular weight is 271 g/mol. The molecular formula is C12H14FNO5. The quantitative estimate of drug-likeness (QED) is 0.794. The first-order chi connectivity index (χ1) is 8.99. The Labute approximate surface area is 109 Å². The molecule has 1 atom stereocenters. The number of carbonyl (C=O) groups excluding carboxylic acids is 1. The van der Waals surface area contributed by atoms with Crippen LogP contribution in [0.25, 0.3) is 0 Å². The zero-order valence-electron chi connectivity index (χ0n) is 10.5. The van der Waals surface area contributed by atoms with Gasteiger partial charge in [0.15, 0.2) is 17.7 Å². The Kier molecular flexibility index (Phi) is 5.25. The highest BCUT2D eigenvalue weighted by Crippen LogP contribution is 2.17. The number of carboxylic acid groups (broad SMARTS) is 1. The summed E-state index contributed by atoms with van der Waals surface area (Å²) in [5.74, 6) is -2.43. The molecule has 0 aromatic heterocycles. The van der Waals surface area contributed by atoms with Crippen molar-refractivity contribution in [2.45, 2.75) is 6.10 Å². The molecule has 1 aromatic rings. The predicted octanol–water partition coefficient (Wildman–Crippen LogP) is 0.664. The fourth-order valence-electron chi connectivity index (χ4n) is 1.37. The Balaban J connectivity index is 2.68. The maximum Gasteiger partial charge on any atom is 0.334 e. The van der Waals surface area contributed by atoms with E-state index in [0.717, 1.165) is 6.07 Å². The average Bonchev–Trinajstić information content (AvgIpc) is 2.38. The molecule has 2 N–H and O–H groups in total. The highest BCUT2D eigenvalue weighted by Gasteiger charge is 2.18. The van der Waals surface area contributed by atoms with Crippen molar-refractivity contribution >= 4 is 11.9 Å². The van der Waals surface area contributed by atoms with E-state index in [0.29, 0.717) is 0 Å². The van der Waals surface area contributed by atoms with Gasteiger partial charge in [-0.25, -0.2) is 9.18 Å². The molecule has 0 aliphatic rings. The van der Waals surface area contributed by atoms with Gasteiger partial charge in [-0.15, -0.1) is 0 Å². The molecule has 6 nitrogen and oxygen atoms in total. The van der Waals surface area contributed by atoms with Gasteiger partial charge in [0.05, 0.1) is 13.7 Å². The van der Waals surface area contributed by atoms with Crippen LogP contribution in [-0.4, -0.2) is 43.9 Å². The van der Waals surface area contributed by atoms with Crippen molar-refractivity contribution in [1.29, 1.82) is 0 Å². The molecule has 0 aliphatic carbocycles. The van der Waals surface area contributed by atoms with Crippen LogP contribution in [0.2, 0.25) is 0 Å². The third-order valence-corrected chi connectivity index (χ3v) is 2.42. The highest BCUT2D eigenvalue weighted by molar-refractivity contribution is 5.94. The summed E-state index contributed by atoms with van der Waals surface area (Å²) in [6.45, 7) is -0.210. The summed E-state index contributed by atoms with van der Waals surface area (Å²) < 4.78 is 22.8. The van der Waals surface area contributed by atoms with Gasteiger partial charge in [0.25, 0.3) is 5.91 Å². The number of methoxy groups -OCH3 is 2. The van der Waals surface area contributed by atoms with Crippen molar-refractivity contribution in [3.63, 3.8) is 0 Å². The molecule has 0 radical (unpaired) electrons. The van der Waals surface area contributed by atoms with E-state index in [1.807, 2.05) is 0 Å². The summed E-state index contributed by atoms with van der Waals surface area (Å²) in [5.41, 5.74) is 0.0681. The third kappa shape index (κ3) is 3.92. The Hall–Kier alpha value is -2.15. The van der Waals surface area contributed by atoms with Crippen LogP contribution >= 0.6 is 0 Å². The van der Waals surface area contributed by atoms with Gasteiger partial charge in [0, 0.05) is 12.7 Å². The number of benzene rings is 1. The Morgan fingerprint density at radius 3 is 2.58 bits per heavy atom. The molecule has 0 fully saturated rings. The standard InChI is InChI=1S/C12H14FNO5/c1-18-9-4-3-7(5-8(9)13)11(15)14-6-10(19-2)12(16)17/h3-5,10H,6H2,1-2H3,(H,14,15)(H,16,17). The number of nitrogens with one attached hydrogen (secondary N) is 1. The maximum absolute atomic E-state index is 13.4. The number of carbonyl (C=O) groups is 2. The molecule has 1 unspecified atom stereocenters. The molecule has 0 aliphatic heterocycles. The van der Waals surface area contributed by atoms with Crippen LogP contribution in [0.4, 0.5) is 4.39 Å². The minimum Gasteiger partial charge on any atom is -0.494 e. The summed E-state index contributed by atoms with van der Waals surface area (Å²) in [6, 6.07) is 3.70. The van der Waals surface area contributed by atoms with Gasteiger partial charge < -0.3 is 19.9 Å². The molecule has 0 saturated heterocycles. The minimum absolute atomic E-state index is 0.0249. The van der Waals surface area contributed by atoms with Crippen molar-refractivity contribution < 1.29 is 28.6 Å². The lowest BCUT2D eigenvalue weighted by Gasteiger charge is -2.11. The van der Waals surface area contributed by atoms with Crippen molar-refractivity contribution in [2.24, 2.45) is 0 Å². The van der Waals surface area contributed by atoms with E-state index in [9.17, 15) is 14.0 Å². The third-order valence-electron chi connectivity index (χ3n) is 2.42. The number of amides is 1. The van der Waals surface area contributed by atoms with Gasteiger partial charge >= 0.3 is 5.97 Å². The normalized spacial score (nSPS) is 11.7. The fraction of sp³-hybridized carbons (Fsp3) is 0.333. The van der Waals surface area contributed by atoms with Crippen LogP contribution in [0.1, 0.15) is 10.4 Å². The predicted molar refractivity (Wildman–Crippen MR) is 63.7 cm³/mol. The van der Waals surface area contributed by atoms with Gasteiger partial charge in [-0.05, 0) is 18.2 Å². The maximum atomic E-state index is 13.4. The summed E-state index contributed by atoms with van der Waals surface area (Å²) >= 11 is 0. The lowest BCUT2D eigenvalue weighted by molar-refractivity contribution is -0.148. The summed E-state index contributed by atoms with van der Waals surface area (Å²) in [5, 5.41) is 11.1. The second-order valence-corrected chi connectivity index (χ2v) is 3.62. The second kappa shape index (κ2) is 6.69. The topological polar surface area (TPSA) is 84.9 Å². The molecule has 0 heterocycles. The number of hydrogen-bond acceptors (Lipinski definition) is 4. The molecule has 0 bridgehead atoms. The Morgan fingerprint density at radius 2 is 2.11 bits per heavy atom. The van der Waals surface area contributed by atoms with Gasteiger partial charge in [-0.2, -0.15) is 0 Å². The number of carboxylic acids is 1. The van der Waals surface area contributed by atoms with Crippen molar-refractivity contribution in [3.05, 3.63) is 29.6 Å². The largest absolute Gasteiger partial charge is 0.494 e. The number of halogens is 1. The van der Waals surface area contributed by atoms with E-state index in [-0.39, 0.29) is 17.9 Å². The van der Waals surface area contributed by atoms with E-state index in [1.54, 1.807) is 0 Å². The van der Waals surface area contributed by atoms with E-state index in [4.69, 9.17) is 9.84 Å². The number of rotatable bonds is 6. The van der Waals surface area contributed by atoms with Crippen LogP contribution in [0.5, 0.6) is 5.75 Å². The molecule has 0 spiro atoms. The summed E-state index contributed by atoms with van der Waals surface area (Å²) in [6.07, 6.45) is -1.15. The van der Waals surface area contributed by atoms with E-state index in [2.05, 4.69) is 10.1 Å². The first-order valence-electron chi connectivity index (χ1n) is 5.37. The van der Waals surface area contributed by atoms with Gasteiger partial charge in [0.1, 0.15) is 0 Å². The van der Waals surface area contributed by atoms with Crippen LogP contribution < -0.4 is 10.1 Å². The Morgan fingerprint density at radius 1 is 1.42 bits per heavy atom. The SMILES string of the molecule is COc1ccc(C(=O)NCC(OC)C(=O)O)cc1F. The Bertz CT molecular complexity index is 477. The molecule has 7 heteroatoms. The van der Waals surface area contributed by atoms with Gasteiger partial charge in [-0.3, -0.25) is 4.79 Å². The summed E-state index contributed by atoms with van der Waals surface area (Å²) in [7, 11) is 2.53. The van der Waals surface area contributed by atoms with Crippen molar-refractivity contribution in [2.75, 3.05) is 20.8 Å². The minimum atomic E-state index is -1.19. The zero-order chi connectivity index (χ0) is 14.4. The fourth-order valence-corrected chi connectivity index (χ4v) is 1.37. The van der Waals surface area contributed by atoms with Crippen LogP contribution in [0.15, 0.2) is 18.2 Å². The van der Waals surface area contributed by atoms with Gasteiger partial charge in [0.2, 0.25) is 0 Å². The van der Waals surface area contributed by atoms with Crippen LogP contribution in [0, 0.1) is 5.82 Å². The molecule has 19 heavy (non-hydrogen) atoms. The molecule has 1 amide bonds. The molecule has 0 saturated carbocycles. The monoisotopic (exact) mass is 271 g/mol. The molecule has 104 valence electrons. The van der Waals surface area contributed by atoms with Crippen molar-refractivity contribution in [1.82, 2.24) is 5.32 Å². The first-order valence-corrected chi connectivity index (χ1v) is 5.37. The molecule has 1 aromatic carbocycles. The van der Waals surface area contributed by atoms with Crippen LogP contribution in [-0.2, 0) is 9.53 Å². The van der Waals surface area contributed by atoms with E-state index < -0.39 is 23.8 Å². The number of aliphatic carboxylic acids is 1. The zero-order valence-corrected chi connectivity index (χ0v) is 10.5. The molecule has 1 rings (SSSR count). The van der Waals surface area contributed by atoms with Crippen LogP contribution in [0.3, 0.4) is 0 Å². The first kappa shape index (κ1) is 14.9. The number of ether oxygens (including phenoxy) is 2. The lowest BCUT2D eigenvalue weighted by Crippen LogP contribution is -2.37.